The number of nitrogens with zero attached hydrogens (tertiary/aromatic N) is 4. The summed E-state index contributed by atoms with van der Waals surface area (Å²) in [6.45, 7) is 3.65. The van der Waals surface area contributed by atoms with Gasteiger partial charge in [0.2, 0.25) is 0 Å². The summed E-state index contributed by atoms with van der Waals surface area (Å²) in [6.07, 6.45) is 3.28. The lowest BCUT2D eigenvalue weighted by Gasteiger charge is -2.15. The average molecular weight is 380 g/mol. The molecule has 0 aliphatic carbocycles. The molecule has 3 aromatic heterocycles. The minimum absolute atomic E-state index is 0.103. The Morgan fingerprint density at radius 2 is 2.04 bits per heavy atom. The van der Waals surface area contributed by atoms with Gasteiger partial charge in [-0.15, -0.1) is 11.3 Å². The van der Waals surface area contributed by atoms with Gasteiger partial charge in [-0.1, -0.05) is 6.07 Å². The molecule has 0 radical (unpaired) electrons. The predicted molar refractivity (Wildman–Crippen MR) is 104 cm³/mol. The number of nitrogen functional groups attached to an aromatic ring is 1. The first-order valence-corrected chi connectivity index (χ1v) is 8.93. The van der Waals surface area contributed by atoms with Gasteiger partial charge in [0.15, 0.2) is 5.65 Å². The Labute approximate surface area is 158 Å². The summed E-state index contributed by atoms with van der Waals surface area (Å²) < 4.78 is 1.61. The summed E-state index contributed by atoms with van der Waals surface area (Å²) in [7, 11) is 0. The van der Waals surface area contributed by atoms with E-state index in [1.165, 1.54) is 11.3 Å². The number of primary amides is 1. The molecule has 27 heavy (non-hydrogen) atoms. The fraction of sp³-hybridized carbons (Fsp3) is 0.111. The molecular formula is C18H16N6O2S. The van der Waals surface area contributed by atoms with E-state index in [0.29, 0.717) is 28.1 Å². The van der Waals surface area contributed by atoms with Crippen LogP contribution in [0.4, 0.5) is 5.82 Å². The molecule has 136 valence electrons. The predicted octanol–water partition coefficient (Wildman–Crippen LogP) is 2.55. The number of aromatic hydroxyl groups is 1. The van der Waals surface area contributed by atoms with Gasteiger partial charge in [-0.05, 0) is 25.5 Å². The first kappa shape index (κ1) is 17.0. The maximum atomic E-state index is 12.1. The number of aryl methyl sites for hydroxylation is 1. The summed E-state index contributed by atoms with van der Waals surface area (Å²) in [5.41, 5.74) is 17.1. The summed E-state index contributed by atoms with van der Waals surface area (Å²) in [6, 6.07) is 3.38. The molecule has 9 heteroatoms. The molecule has 3 heterocycles. The number of aromatic nitrogens is 4. The van der Waals surface area contributed by atoms with Crippen LogP contribution in [0.5, 0.6) is 5.75 Å². The Kier molecular flexibility index (Phi) is 3.81. The van der Waals surface area contributed by atoms with Crippen molar-refractivity contribution in [3.8, 4) is 22.0 Å². The number of nitrogens with two attached hydrogens (primary N) is 2. The van der Waals surface area contributed by atoms with E-state index in [2.05, 4.69) is 15.0 Å². The number of phenols is 1. The number of carbonyl (C=O) groups excluding carboxylic acids is 1. The van der Waals surface area contributed by atoms with Gasteiger partial charge in [0.1, 0.15) is 28.3 Å². The highest BCUT2D eigenvalue weighted by molar-refractivity contribution is 7.13. The smallest absolute Gasteiger partial charge is 0.254 e. The standard InChI is InChI=1S/C18H16N6O2S/c1-8-3-4-11(25)9(2)15(8)24-16(19)13(17(20)26)14-18(24)22-5-10(23-14)12-6-21-7-27-12/h3-7,25H,19H2,1-2H3,(H2,20,26). The Morgan fingerprint density at radius 1 is 1.26 bits per heavy atom. The molecule has 0 saturated heterocycles. The molecule has 4 aromatic rings. The van der Waals surface area contributed by atoms with Crippen molar-refractivity contribution in [3.05, 3.63) is 46.7 Å². The first-order chi connectivity index (χ1) is 12.9. The van der Waals surface area contributed by atoms with Crippen LogP contribution in [0.1, 0.15) is 21.5 Å². The lowest BCUT2D eigenvalue weighted by molar-refractivity contribution is 0.100. The maximum absolute atomic E-state index is 12.1. The van der Waals surface area contributed by atoms with Crippen molar-refractivity contribution in [1.82, 2.24) is 19.5 Å². The first-order valence-electron chi connectivity index (χ1n) is 8.05. The molecule has 0 fully saturated rings. The van der Waals surface area contributed by atoms with E-state index in [4.69, 9.17) is 11.5 Å². The number of fused-ring (bicyclic) bond motifs is 1. The van der Waals surface area contributed by atoms with Crippen LogP contribution in [-0.2, 0) is 0 Å². The van der Waals surface area contributed by atoms with E-state index < -0.39 is 5.91 Å². The minimum atomic E-state index is -0.692. The molecule has 0 atom stereocenters. The van der Waals surface area contributed by atoms with E-state index in [1.807, 2.05) is 6.92 Å². The number of thiazole rings is 1. The molecule has 0 spiro atoms. The number of amides is 1. The van der Waals surface area contributed by atoms with E-state index >= 15 is 0 Å². The van der Waals surface area contributed by atoms with Crippen molar-refractivity contribution in [3.63, 3.8) is 0 Å². The van der Waals surface area contributed by atoms with Crippen LogP contribution in [0, 0.1) is 13.8 Å². The van der Waals surface area contributed by atoms with E-state index in [9.17, 15) is 9.90 Å². The third-order valence-corrected chi connectivity index (χ3v) is 5.25. The van der Waals surface area contributed by atoms with Crippen molar-refractivity contribution in [1.29, 1.82) is 0 Å². The van der Waals surface area contributed by atoms with E-state index in [1.54, 1.807) is 41.5 Å². The molecule has 0 unspecified atom stereocenters. The zero-order valence-electron chi connectivity index (χ0n) is 14.6. The zero-order valence-corrected chi connectivity index (χ0v) is 15.4. The fourth-order valence-corrected chi connectivity index (χ4v) is 3.74. The van der Waals surface area contributed by atoms with Crippen LogP contribution >= 0.6 is 11.3 Å². The van der Waals surface area contributed by atoms with Gasteiger partial charge in [-0.25, -0.2) is 9.97 Å². The van der Waals surface area contributed by atoms with Crippen LogP contribution in [-0.4, -0.2) is 30.5 Å². The summed E-state index contributed by atoms with van der Waals surface area (Å²) in [5, 5.41) is 10.1. The van der Waals surface area contributed by atoms with Gasteiger partial charge >= 0.3 is 0 Å². The van der Waals surface area contributed by atoms with Crippen molar-refractivity contribution in [2.45, 2.75) is 13.8 Å². The SMILES string of the molecule is Cc1ccc(O)c(C)c1-n1c(N)c(C(N)=O)c2nc(-c3cncs3)cnc21. The highest BCUT2D eigenvalue weighted by Gasteiger charge is 2.25. The second-order valence-electron chi connectivity index (χ2n) is 6.13. The number of hydrogen-bond acceptors (Lipinski definition) is 7. The van der Waals surface area contributed by atoms with Crippen LogP contribution in [0.15, 0.2) is 30.0 Å². The maximum Gasteiger partial charge on any atom is 0.254 e. The highest BCUT2D eigenvalue weighted by atomic mass is 32.1. The fourth-order valence-electron chi connectivity index (χ4n) is 3.16. The number of anilines is 1. The molecule has 0 aliphatic rings. The Hall–Kier alpha value is -3.46. The van der Waals surface area contributed by atoms with Gasteiger partial charge in [0.05, 0.1) is 22.3 Å². The molecule has 8 nitrogen and oxygen atoms in total. The van der Waals surface area contributed by atoms with Crippen molar-refractivity contribution >= 4 is 34.2 Å². The zero-order chi connectivity index (χ0) is 19.3. The minimum Gasteiger partial charge on any atom is -0.508 e. The van der Waals surface area contributed by atoms with Crippen molar-refractivity contribution < 1.29 is 9.90 Å². The topological polar surface area (TPSA) is 133 Å². The third kappa shape index (κ3) is 2.51. The molecular weight excluding hydrogens is 364 g/mol. The quantitative estimate of drug-likeness (QED) is 0.500. The monoisotopic (exact) mass is 380 g/mol. The van der Waals surface area contributed by atoms with Gasteiger partial charge in [0.25, 0.3) is 5.91 Å². The van der Waals surface area contributed by atoms with Crippen LogP contribution in [0.2, 0.25) is 0 Å². The molecule has 0 bridgehead atoms. The Bertz CT molecular complexity index is 1200. The van der Waals surface area contributed by atoms with Gasteiger partial charge < -0.3 is 16.6 Å². The lowest BCUT2D eigenvalue weighted by Crippen LogP contribution is -2.14. The molecule has 0 aliphatic heterocycles. The lowest BCUT2D eigenvalue weighted by atomic mass is 10.1. The highest BCUT2D eigenvalue weighted by Crippen LogP contribution is 2.35. The molecule has 5 N–H and O–H groups in total. The number of benzene rings is 1. The van der Waals surface area contributed by atoms with Crippen molar-refractivity contribution in [2.75, 3.05) is 5.73 Å². The second-order valence-corrected chi connectivity index (χ2v) is 7.01. The van der Waals surface area contributed by atoms with E-state index in [0.717, 1.165) is 10.4 Å². The summed E-state index contributed by atoms with van der Waals surface area (Å²) >= 11 is 1.41. The Balaban J connectivity index is 2.10. The summed E-state index contributed by atoms with van der Waals surface area (Å²) in [4.78, 5) is 26.0. The normalized spacial score (nSPS) is 11.2. The average Bonchev–Trinajstić information content (AvgIpc) is 3.25. The van der Waals surface area contributed by atoms with Crippen LogP contribution < -0.4 is 11.5 Å². The number of phenolic OH excluding ortho intramolecular Hbond substituents is 1. The number of hydrogen-bond donors (Lipinski definition) is 3. The molecule has 0 saturated carbocycles. The van der Waals surface area contributed by atoms with Crippen molar-refractivity contribution in [2.24, 2.45) is 5.73 Å². The third-order valence-electron chi connectivity index (χ3n) is 4.46. The van der Waals surface area contributed by atoms with Crippen LogP contribution in [0.25, 0.3) is 27.4 Å². The number of carbonyl (C=O) groups is 1. The van der Waals surface area contributed by atoms with E-state index in [-0.39, 0.29) is 17.1 Å². The van der Waals surface area contributed by atoms with Gasteiger partial charge in [0, 0.05) is 11.8 Å². The summed E-state index contributed by atoms with van der Waals surface area (Å²) in [5.74, 6) is -0.440. The molecule has 4 rings (SSSR count). The largest absolute Gasteiger partial charge is 0.508 e. The molecule has 1 amide bonds. The number of rotatable bonds is 3. The molecule has 1 aromatic carbocycles. The van der Waals surface area contributed by atoms with Gasteiger partial charge in [-0.3, -0.25) is 14.3 Å². The Morgan fingerprint density at radius 3 is 2.70 bits per heavy atom. The van der Waals surface area contributed by atoms with Gasteiger partial charge in [-0.2, -0.15) is 0 Å². The second kappa shape index (κ2) is 6.06. The van der Waals surface area contributed by atoms with Crippen LogP contribution in [0.3, 0.4) is 0 Å².